The van der Waals surface area contributed by atoms with Crippen molar-refractivity contribution in [3.8, 4) is 0 Å². The van der Waals surface area contributed by atoms with Gasteiger partial charge in [-0.15, -0.1) is 0 Å². The number of alkyl halides is 3. The summed E-state index contributed by atoms with van der Waals surface area (Å²) in [7, 11) is 0. The molecule has 0 fully saturated rings. The van der Waals surface area contributed by atoms with E-state index in [4.69, 9.17) is 5.73 Å². The largest absolute Gasteiger partial charge is 0.416 e. The Balaban J connectivity index is 3.20. The first-order chi connectivity index (χ1) is 7.53. The van der Waals surface area contributed by atoms with Crippen molar-refractivity contribution in [1.82, 2.24) is 0 Å². The zero-order valence-electron chi connectivity index (χ0n) is 9.85. The molecule has 1 rings (SSSR count). The van der Waals surface area contributed by atoms with E-state index in [-0.39, 0.29) is 16.9 Å². The lowest BCUT2D eigenvalue weighted by Crippen LogP contribution is -2.41. The maximum absolute atomic E-state index is 12.4. The van der Waals surface area contributed by atoms with Crippen LogP contribution >= 0.6 is 0 Å². The predicted molar refractivity (Wildman–Crippen MR) is 58.8 cm³/mol. The molecule has 0 heterocycles. The molecule has 0 saturated carbocycles. The topological polar surface area (TPSA) is 43.1 Å². The van der Waals surface area contributed by atoms with Gasteiger partial charge in [0.2, 0.25) is 0 Å². The maximum atomic E-state index is 12.4. The molecule has 0 spiro atoms. The van der Waals surface area contributed by atoms with Crippen LogP contribution in [0.1, 0.15) is 35.3 Å². The molecule has 0 aliphatic rings. The third-order valence-corrected chi connectivity index (χ3v) is 2.38. The van der Waals surface area contributed by atoms with Gasteiger partial charge < -0.3 is 5.73 Å². The normalized spacial score (nSPS) is 12.6. The zero-order chi connectivity index (χ0) is 13.4. The number of ketones is 1. The van der Waals surface area contributed by atoms with Crippen molar-refractivity contribution in [2.45, 2.75) is 32.5 Å². The van der Waals surface area contributed by atoms with Gasteiger partial charge in [0.15, 0.2) is 5.78 Å². The number of Topliss-reactive ketones (excluding diaryl/α,β-unsaturated/α-hetero) is 1. The SMILES string of the molecule is Cc1cc(C(F)(F)F)ccc1C(=O)C(C)(C)N. The second-order valence-corrected chi connectivity index (χ2v) is 4.58. The Morgan fingerprint density at radius 3 is 2.12 bits per heavy atom. The monoisotopic (exact) mass is 245 g/mol. The van der Waals surface area contributed by atoms with Gasteiger partial charge in [-0.1, -0.05) is 6.07 Å². The molecule has 0 atom stereocenters. The summed E-state index contributed by atoms with van der Waals surface area (Å²) in [5, 5.41) is 0. The Bertz CT molecular complexity index is 444. The Morgan fingerprint density at radius 2 is 1.76 bits per heavy atom. The summed E-state index contributed by atoms with van der Waals surface area (Å²) in [5.41, 5.74) is 4.28. The highest BCUT2D eigenvalue weighted by atomic mass is 19.4. The molecule has 0 bridgehead atoms. The van der Waals surface area contributed by atoms with Crippen LogP contribution in [0.3, 0.4) is 0 Å². The molecule has 2 nitrogen and oxygen atoms in total. The number of rotatable bonds is 2. The summed E-state index contributed by atoms with van der Waals surface area (Å²) in [4.78, 5) is 11.8. The van der Waals surface area contributed by atoms with Gasteiger partial charge in [-0.3, -0.25) is 4.79 Å². The van der Waals surface area contributed by atoms with Crippen LogP contribution in [0.5, 0.6) is 0 Å². The summed E-state index contributed by atoms with van der Waals surface area (Å²) in [6.07, 6.45) is -4.40. The summed E-state index contributed by atoms with van der Waals surface area (Å²) < 4.78 is 37.3. The molecule has 1 aromatic carbocycles. The van der Waals surface area contributed by atoms with Gasteiger partial charge in [0, 0.05) is 5.56 Å². The van der Waals surface area contributed by atoms with E-state index < -0.39 is 17.3 Å². The van der Waals surface area contributed by atoms with Crippen molar-refractivity contribution in [1.29, 1.82) is 0 Å². The molecule has 94 valence electrons. The molecule has 0 aliphatic heterocycles. The van der Waals surface area contributed by atoms with Crippen LogP contribution < -0.4 is 5.73 Å². The van der Waals surface area contributed by atoms with Gasteiger partial charge in [-0.2, -0.15) is 13.2 Å². The Morgan fingerprint density at radius 1 is 1.24 bits per heavy atom. The first kappa shape index (κ1) is 13.7. The van der Waals surface area contributed by atoms with E-state index in [1.165, 1.54) is 26.8 Å². The molecule has 0 saturated heterocycles. The van der Waals surface area contributed by atoms with Gasteiger partial charge >= 0.3 is 6.18 Å². The third-order valence-electron chi connectivity index (χ3n) is 2.38. The standard InChI is InChI=1S/C12H14F3NO/c1-7-6-8(12(13,14)15)4-5-9(7)10(17)11(2,3)16/h4-6H,16H2,1-3H3. The molecular formula is C12H14F3NO. The first-order valence-electron chi connectivity index (χ1n) is 5.05. The number of nitrogens with two attached hydrogens (primary N) is 1. The molecule has 0 aliphatic carbocycles. The van der Waals surface area contributed by atoms with Crippen molar-refractivity contribution in [3.63, 3.8) is 0 Å². The van der Waals surface area contributed by atoms with Gasteiger partial charge in [0.25, 0.3) is 0 Å². The summed E-state index contributed by atoms with van der Waals surface area (Å²) in [6, 6.07) is 3.03. The Labute approximate surface area is 97.6 Å². The minimum Gasteiger partial charge on any atom is -0.319 e. The molecule has 0 radical (unpaired) electrons. The number of hydrogen-bond donors (Lipinski definition) is 1. The molecule has 0 amide bonds. The lowest BCUT2D eigenvalue weighted by atomic mass is 9.91. The first-order valence-corrected chi connectivity index (χ1v) is 5.05. The van der Waals surface area contributed by atoms with E-state index in [1.54, 1.807) is 0 Å². The average molecular weight is 245 g/mol. The Kier molecular flexibility index (Phi) is 3.34. The molecule has 17 heavy (non-hydrogen) atoms. The molecule has 0 unspecified atom stereocenters. The second-order valence-electron chi connectivity index (χ2n) is 4.58. The highest BCUT2D eigenvalue weighted by Crippen LogP contribution is 2.30. The number of benzene rings is 1. The molecule has 1 aromatic rings. The highest BCUT2D eigenvalue weighted by Gasteiger charge is 2.32. The quantitative estimate of drug-likeness (QED) is 0.814. The Hall–Kier alpha value is -1.36. The zero-order valence-corrected chi connectivity index (χ0v) is 9.85. The highest BCUT2D eigenvalue weighted by molar-refractivity contribution is 6.03. The molecule has 0 aromatic heterocycles. The van der Waals surface area contributed by atoms with E-state index in [1.807, 2.05) is 0 Å². The summed E-state index contributed by atoms with van der Waals surface area (Å²) in [5.74, 6) is -0.372. The lowest BCUT2D eigenvalue weighted by Gasteiger charge is -2.19. The van der Waals surface area contributed by atoms with Crippen LogP contribution in [-0.2, 0) is 6.18 Å². The van der Waals surface area contributed by atoms with Crippen LogP contribution in [-0.4, -0.2) is 11.3 Å². The number of carbonyl (C=O) groups is 1. The molecule has 5 heteroatoms. The number of aryl methyl sites for hydroxylation is 1. The third kappa shape index (κ3) is 3.06. The van der Waals surface area contributed by atoms with Crippen LogP contribution in [0.2, 0.25) is 0 Å². The average Bonchev–Trinajstić information content (AvgIpc) is 2.13. The van der Waals surface area contributed by atoms with Crippen molar-refractivity contribution in [2.75, 3.05) is 0 Å². The van der Waals surface area contributed by atoms with E-state index in [2.05, 4.69) is 0 Å². The summed E-state index contributed by atoms with van der Waals surface area (Å²) >= 11 is 0. The molecular weight excluding hydrogens is 231 g/mol. The number of carbonyl (C=O) groups excluding carboxylic acids is 1. The smallest absolute Gasteiger partial charge is 0.319 e. The van der Waals surface area contributed by atoms with Crippen LogP contribution in [0, 0.1) is 6.92 Å². The van der Waals surface area contributed by atoms with Crippen LogP contribution in [0.4, 0.5) is 13.2 Å². The van der Waals surface area contributed by atoms with Gasteiger partial charge in [0.05, 0.1) is 11.1 Å². The van der Waals surface area contributed by atoms with Crippen molar-refractivity contribution in [2.24, 2.45) is 5.73 Å². The van der Waals surface area contributed by atoms with E-state index in [0.717, 1.165) is 12.1 Å². The summed E-state index contributed by atoms with van der Waals surface area (Å²) in [6.45, 7) is 4.51. The number of hydrogen-bond acceptors (Lipinski definition) is 2. The van der Waals surface area contributed by atoms with Crippen molar-refractivity contribution < 1.29 is 18.0 Å². The lowest BCUT2D eigenvalue weighted by molar-refractivity contribution is -0.137. The molecule has 2 N–H and O–H groups in total. The minimum atomic E-state index is -4.40. The van der Waals surface area contributed by atoms with Crippen LogP contribution in [0.15, 0.2) is 18.2 Å². The van der Waals surface area contributed by atoms with Gasteiger partial charge in [0.1, 0.15) is 0 Å². The van der Waals surface area contributed by atoms with Gasteiger partial charge in [-0.05, 0) is 38.5 Å². The number of halogens is 3. The van der Waals surface area contributed by atoms with Crippen LogP contribution in [0.25, 0.3) is 0 Å². The van der Waals surface area contributed by atoms with E-state index in [9.17, 15) is 18.0 Å². The van der Waals surface area contributed by atoms with Gasteiger partial charge in [-0.25, -0.2) is 0 Å². The fraction of sp³-hybridized carbons (Fsp3) is 0.417. The van der Waals surface area contributed by atoms with Crippen molar-refractivity contribution in [3.05, 3.63) is 34.9 Å². The van der Waals surface area contributed by atoms with Crippen molar-refractivity contribution >= 4 is 5.78 Å². The minimum absolute atomic E-state index is 0.227. The van der Waals surface area contributed by atoms with E-state index >= 15 is 0 Å². The fourth-order valence-electron chi connectivity index (χ4n) is 1.44. The van der Waals surface area contributed by atoms with E-state index in [0.29, 0.717) is 0 Å². The maximum Gasteiger partial charge on any atom is 0.416 e. The predicted octanol–water partition coefficient (Wildman–Crippen LogP) is 2.93. The fourth-order valence-corrected chi connectivity index (χ4v) is 1.44. The second kappa shape index (κ2) is 4.14.